The van der Waals surface area contributed by atoms with E-state index in [9.17, 15) is 9.00 Å². The van der Waals surface area contributed by atoms with Crippen molar-refractivity contribution in [3.63, 3.8) is 0 Å². The molecule has 0 spiro atoms. The zero-order chi connectivity index (χ0) is 14.7. The van der Waals surface area contributed by atoms with Gasteiger partial charge in [0.25, 0.3) is 5.91 Å². The first-order valence-electron chi connectivity index (χ1n) is 7.27. The van der Waals surface area contributed by atoms with Gasteiger partial charge in [0.05, 0.1) is 11.7 Å². The number of amides is 1. The molecule has 112 valence electrons. The number of rotatable bonds is 4. The summed E-state index contributed by atoms with van der Waals surface area (Å²) in [5, 5.41) is 4.49. The van der Waals surface area contributed by atoms with Gasteiger partial charge in [0.2, 0.25) is 0 Å². The van der Waals surface area contributed by atoms with Crippen molar-refractivity contribution in [2.24, 2.45) is 0 Å². The number of hydrogen-bond acceptors (Lipinski definition) is 3. The van der Waals surface area contributed by atoms with E-state index in [0.717, 1.165) is 18.5 Å². The van der Waals surface area contributed by atoms with Gasteiger partial charge in [-0.1, -0.05) is 13.8 Å². The van der Waals surface area contributed by atoms with Gasteiger partial charge in [-0.15, -0.1) is 0 Å². The maximum atomic E-state index is 12.6. The second-order valence-corrected chi connectivity index (χ2v) is 6.92. The van der Waals surface area contributed by atoms with Crippen LogP contribution in [0.25, 0.3) is 0 Å². The fourth-order valence-corrected chi connectivity index (χ4v) is 3.64. The minimum Gasteiger partial charge on any atom is -0.335 e. The molecule has 2 rings (SSSR count). The van der Waals surface area contributed by atoms with Crippen LogP contribution in [0.5, 0.6) is 0 Å². The van der Waals surface area contributed by atoms with Crippen LogP contribution in [-0.2, 0) is 10.8 Å². The zero-order valence-corrected chi connectivity index (χ0v) is 13.3. The van der Waals surface area contributed by atoms with Crippen LogP contribution in [0.4, 0.5) is 0 Å². The number of carbonyl (C=O) groups excluding carboxylic acids is 1. The van der Waals surface area contributed by atoms with Gasteiger partial charge in [-0.25, -0.2) is 0 Å². The summed E-state index contributed by atoms with van der Waals surface area (Å²) >= 11 is 0. The Hall–Kier alpha value is -1.17. The maximum absolute atomic E-state index is 12.6. The monoisotopic (exact) mass is 297 g/mol. The molecule has 0 aliphatic carbocycles. The molecule has 0 N–H and O–H groups in total. The minimum atomic E-state index is -0.762. The highest BCUT2D eigenvalue weighted by molar-refractivity contribution is 7.85. The smallest absolute Gasteiger partial charge is 0.272 e. The molecule has 1 aliphatic heterocycles. The molecule has 0 atom stereocenters. The van der Waals surface area contributed by atoms with E-state index < -0.39 is 10.8 Å². The van der Waals surface area contributed by atoms with Crippen molar-refractivity contribution >= 4 is 16.7 Å². The van der Waals surface area contributed by atoms with Gasteiger partial charge in [-0.05, 0) is 25.8 Å². The van der Waals surface area contributed by atoms with Crippen molar-refractivity contribution in [3.05, 3.63) is 17.5 Å². The second kappa shape index (κ2) is 6.52. The third-order valence-electron chi connectivity index (χ3n) is 3.83. The van der Waals surface area contributed by atoms with E-state index in [0.29, 0.717) is 30.3 Å². The summed E-state index contributed by atoms with van der Waals surface area (Å²) in [6.07, 6.45) is 1.92. The SMILES string of the molecule is CCC(CC)n1nc(C)cc1C(=O)N1CCS(=O)CC1. The Morgan fingerprint density at radius 3 is 2.50 bits per heavy atom. The average Bonchev–Trinajstić information content (AvgIpc) is 2.82. The summed E-state index contributed by atoms with van der Waals surface area (Å²) in [5.41, 5.74) is 1.55. The number of nitrogens with zero attached hydrogens (tertiary/aromatic N) is 3. The average molecular weight is 297 g/mol. The Labute approximate surface area is 122 Å². The van der Waals surface area contributed by atoms with Crippen LogP contribution >= 0.6 is 0 Å². The molecule has 1 fully saturated rings. The minimum absolute atomic E-state index is 0.0224. The van der Waals surface area contributed by atoms with Gasteiger partial charge in [0.15, 0.2) is 0 Å². The molecule has 5 nitrogen and oxygen atoms in total. The van der Waals surface area contributed by atoms with Crippen LogP contribution in [-0.4, -0.2) is 49.4 Å². The Balaban J connectivity index is 2.23. The van der Waals surface area contributed by atoms with E-state index in [1.54, 1.807) is 4.90 Å². The van der Waals surface area contributed by atoms with E-state index in [-0.39, 0.29) is 11.9 Å². The quantitative estimate of drug-likeness (QED) is 0.851. The van der Waals surface area contributed by atoms with Crippen molar-refractivity contribution in [3.8, 4) is 0 Å². The van der Waals surface area contributed by atoms with Gasteiger partial charge >= 0.3 is 0 Å². The van der Waals surface area contributed by atoms with Crippen LogP contribution in [0.1, 0.15) is 48.9 Å². The van der Waals surface area contributed by atoms with Crippen molar-refractivity contribution in [1.82, 2.24) is 14.7 Å². The summed E-state index contributed by atoms with van der Waals surface area (Å²) < 4.78 is 13.3. The Bertz CT molecular complexity index is 499. The molecule has 1 aromatic heterocycles. The Morgan fingerprint density at radius 1 is 1.35 bits per heavy atom. The first-order chi connectivity index (χ1) is 9.56. The lowest BCUT2D eigenvalue weighted by Crippen LogP contribution is -2.42. The van der Waals surface area contributed by atoms with E-state index in [2.05, 4.69) is 18.9 Å². The lowest BCUT2D eigenvalue weighted by molar-refractivity contribution is 0.0755. The first-order valence-corrected chi connectivity index (χ1v) is 8.76. The van der Waals surface area contributed by atoms with Gasteiger partial charge in [-0.3, -0.25) is 13.7 Å². The van der Waals surface area contributed by atoms with Gasteiger partial charge in [0.1, 0.15) is 5.69 Å². The van der Waals surface area contributed by atoms with E-state index in [1.165, 1.54) is 0 Å². The highest BCUT2D eigenvalue weighted by Gasteiger charge is 2.26. The molecule has 0 unspecified atom stereocenters. The van der Waals surface area contributed by atoms with Crippen LogP contribution in [0, 0.1) is 6.92 Å². The molecular weight excluding hydrogens is 274 g/mol. The lowest BCUT2D eigenvalue weighted by atomic mass is 10.1. The molecule has 2 heterocycles. The van der Waals surface area contributed by atoms with Crippen LogP contribution < -0.4 is 0 Å². The second-order valence-electron chi connectivity index (χ2n) is 5.23. The molecule has 0 radical (unpaired) electrons. The topological polar surface area (TPSA) is 55.2 Å². The Kier molecular flexibility index (Phi) is 4.96. The highest BCUT2D eigenvalue weighted by atomic mass is 32.2. The molecule has 0 saturated carbocycles. The molecule has 0 aromatic carbocycles. The summed E-state index contributed by atoms with van der Waals surface area (Å²) in [6, 6.07) is 2.13. The normalized spacial score (nSPS) is 16.9. The van der Waals surface area contributed by atoms with E-state index in [4.69, 9.17) is 0 Å². The number of aromatic nitrogens is 2. The molecule has 1 saturated heterocycles. The van der Waals surface area contributed by atoms with E-state index in [1.807, 2.05) is 17.7 Å². The molecule has 1 amide bonds. The summed E-state index contributed by atoms with van der Waals surface area (Å²) in [6.45, 7) is 7.31. The first kappa shape index (κ1) is 15.2. The number of aryl methyl sites for hydroxylation is 1. The third-order valence-corrected chi connectivity index (χ3v) is 5.11. The molecule has 1 aromatic rings. The predicted molar refractivity (Wildman–Crippen MR) is 80.4 cm³/mol. The van der Waals surface area contributed by atoms with Crippen LogP contribution in [0.3, 0.4) is 0 Å². The van der Waals surface area contributed by atoms with Crippen molar-refractivity contribution < 1.29 is 9.00 Å². The maximum Gasteiger partial charge on any atom is 0.272 e. The largest absolute Gasteiger partial charge is 0.335 e. The molecule has 1 aliphatic rings. The Morgan fingerprint density at radius 2 is 1.95 bits per heavy atom. The van der Waals surface area contributed by atoms with Crippen LogP contribution in [0.15, 0.2) is 6.07 Å². The van der Waals surface area contributed by atoms with Gasteiger partial charge < -0.3 is 4.90 Å². The fraction of sp³-hybridized carbons (Fsp3) is 0.714. The summed E-state index contributed by atoms with van der Waals surface area (Å²) in [5.74, 6) is 1.20. The number of hydrogen-bond donors (Lipinski definition) is 0. The zero-order valence-electron chi connectivity index (χ0n) is 12.5. The van der Waals surface area contributed by atoms with Gasteiger partial charge in [0, 0.05) is 35.4 Å². The van der Waals surface area contributed by atoms with Crippen molar-refractivity contribution in [2.75, 3.05) is 24.6 Å². The van der Waals surface area contributed by atoms with Crippen molar-refractivity contribution in [2.45, 2.75) is 39.7 Å². The van der Waals surface area contributed by atoms with Crippen molar-refractivity contribution in [1.29, 1.82) is 0 Å². The molecule has 20 heavy (non-hydrogen) atoms. The summed E-state index contributed by atoms with van der Waals surface area (Å²) in [4.78, 5) is 14.4. The lowest BCUT2D eigenvalue weighted by Gasteiger charge is -2.27. The van der Waals surface area contributed by atoms with Crippen LogP contribution in [0.2, 0.25) is 0 Å². The summed E-state index contributed by atoms with van der Waals surface area (Å²) in [7, 11) is -0.762. The fourth-order valence-electron chi connectivity index (χ4n) is 2.59. The van der Waals surface area contributed by atoms with E-state index >= 15 is 0 Å². The van der Waals surface area contributed by atoms with Gasteiger partial charge in [-0.2, -0.15) is 5.10 Å². The molecule has 6 heteroatoms. The third kappa shape index (κ3) is 3.11. The molecular formula is C14H23N3O2S. The number of carbonyl (C=O) groups is 1. The standard InChI is InChI=1S/C14H23N3O2S/c1-4-12(5-2)17-13(10-11(3)15-17)14(18)16-6-8-20(19)9-7-16/h10,12H,4-9H2,1-3H3. The molecule has 0 bridgehead atoms. The predicted octanol–water partition coefficient (Wildman–Crippen LogP) is 1.76. The highest BCUT2D eigenvalue weighted by Crippen LogP contribution is 2.20.